The molecule has 0 aromatic heterocycles. The second kappa shape index (κ2) is 11.5. The molecule has 1 aliphatic carbocycles. The number of nitrogens with one attached hydrogen (secondary N) is 3. The summed E-state index contributed by atoms with van der Waals surface area (Å²) in [7, 11) is 0. The number of hydrazine groups is 1. The highest BCUT2D eigenvalue weighted by atomic mass is 79.9. The lowest BCUT2D eigenvalue weighted by Gasteiger charge is -2.23. The van der Waals surface area contributed by atoms with Crippen molar-refractivity contribution in [1.29, 1.82) is 0 Å². The third-order valence-corrected chi connectivity index (χ3v) is 6.31. The summed E-state index contributed by atoms with van der Waals surface area (Å²) in [6.45, 7) is 5.95. The van der Waals surface area contributed by atoms with Crippen LogP contribution in [0.5, 0.6) is 5.75 Å². The number of benzene rings is 2. The van der Waals surface area contributed by atoms with E-state index in [2.05, 4.69) is 52.9 Å². The quantitative estimate of drug-likeness (QED) is 0.453. The van der Waals surface area contributed by atoms with Crippen LogP contribution in [-0.4, -0.2) is 24.3 Å². The molecule has 0 unspecified atom stereocenters. The first-order chi connectivity index (χ1) is 16.1. The van der Waals surface area contributed by atoms with E-state index in [1.807, 2.05) is 18.2 Å². The van der Waals surface area contributed by atoms with Gasteiger partial charge in [-0.3, -0.25) is 25.2 Å². The molecule has 1 saturated carbocycles. The molecule has 0 heterocycles. The first kappa shape index (κ1) is 25.7. The molecule has 3 N–H and O–H groups in total. The molecular formula is C26H32BrN3O4. The molecule has 0 aliphatic heterocycles. The number of amides is 3. The van der Waals surface area contributed by atoms with Gasteiger partial charge in [0.25, 0.3) is 11.8 Å². The van der Waals surface area contributed by atoms with E-state index in [1.165, 1.54) is 6.42 Å². The number of ether oxygens (including phenoxy) is 1. The molecule has 34 heavy (non-hydrogen) atoms. The molecule has 3 rings (SSSR count). The Morgan fingerprint density at radius 3 is 2.29 bits per heavy atom. The fourth-order valence-corrected chi connectivity index (χ4v) is 4.27. The Balaban J connectivity index is 1.47. The number of carbonyl (C=O) groups is 3. The molecule has 2 aromatic rings. The van der Waals surface area contributed by atoms with E-state index in [0.717, 1.165) is 35.7 Å². The van der Waals surface area contributed by atoms with Crippen LogP contribution in [0.15, 0.2) is 46.9 Å². The summed E-state index contributed by atoms with van der Waals surface area (Å²) in [4.78, 5) is 36.9. The highest BCUT2D eigenvalue weighted by Gasteiger charge is 2.22. The number of anilines is 1. The normalized spacial score (nSPS) is 14.2. The highest BCUT2D eigenvalue weighted by molar-refractivity contribution is 9.10. The van der Waals surface area contributed by atoms with Crippen LogP contribution in [0.3, 0.4) is 0 Å². The summed E-state index contributed by atoms with van der Waals surface area (Å²) in [5.74, 6) is -0.233. The van der Waals surface area contributed by atoms with Gasteiger partial charge in [0.15, 0.2) is 6.61 Å². The molecule has 3 amide bonds. The Morgan fingerprint density at radius 1 is 0.971 bits per heavy atom. The van der Waals surface area contributed by atoms with Crippen molar-refractivity contribution in [3.63, 3.8) is 0 Å². The topological polar surface area (TPSA) is 96.5 Å². The molecular weight excluding hydrogens is 498 g/mol. The number of halogens is 1. The molecule has 2 aromatic carbocycles. The largest absolute Gasteiger partial charge is 0.483 e. The lowest BCUT2D eigenvalue weighted by atomic mass is 9.86. The Bertz CT molecular complexity index is 1030. The number of hydrogen-bond donors (Lipinski definition) is 3. The molecule has 182 valence electrons. The van der Waals surface area contributed by atoms with Gasteiger partial charge in [0.2, 0.25) is 5.91 Å². The molecule has 0 saturated heterocycles. The molecule has 0 atom stereocenters. The van der Waals surface area contributed by atoms with Crippen LogP contribution in [0, 0.1) is 5.92 Å². The van der Waals surface area contributed by atoms with Gasteiger partial charge < -0.3 is 10.1 Å². The van der Waals surface area contributed by atoms with Crippen molar-refractivity contribution >= 4 is 39.3 Å². The zero-order chi connectivity index (χ0) is 24.7. The minimum absolute atomic E-state index is 0.0320. The number of rotatable bonds is 6. The molecule has 1 fully saturated rings. The zero-order valence-corrected chi connectivity index (χ0v) is 21.5. The third-order valence-electron chi connectivity index (χ3n) is 5.81. The third kappa shape index (κ3) is 7.32. The van der Waals surface area contributed by atoms with Gasteiger partial charge in [-0.05, 0) is 60.7 Å². The standard InChI is InChI=1S/C26H32BrN3O4/c1-26(2,3)21-15-19(27)11-14-22(21)34-16-23(31)29-30-25(33)18-9-12-20(13-10-18)28-24(32)17-7-5-4-6-8-17/h9-15,17H,4-8,16H2,1-3H3,(H,28,32)(H,29,31)(H,30,33). The summed E-state index contributed by atoms with van der Waals surface area (Å²) in [5, 5.41) is 2.92. The summed E-state index contributed by atoms with van der Waals surface area (Å²) >= 11 is 3.46. The van der Waals surface area contributed by atoms with E-state index in [9.17, 15) is 14.4 Å². The highest BCUT2D eigenvalue weighted by Crippen LogP contribution is 2.33. The zero-order valence-electron chi connectivity index (χ0n) is 19.9. The second-order valence-corrected chi connectivity index (χ2v) is 10.5. The Morgan fingerprint density at radius 2 is 1.65 bits per heavy atom. The summed E-state index contributed by atoms with van der Waals surface area (Å²) in [5.41, 5.74) is 6.57. The predicted molar refractivity (Wildman–Crippen MR) is 136 cm³/mol. The summed E-state index contributed by atoms with van der Waals surface area (Å²) < 4.78 is 6.63. The second-order valence-electron chi connectivity index (χ2n) is 9.58. The van der Waals surface area contributed by atoms with Gasteiger partial charge >= 0.3 is 0 Å². The van der Waals surface area contributed by atoms with Gasteiger partial charge in [-0.25, -0.2) is 0 Å². The van der Waals surface area contributed by atoms with Crippen LogP contribution in [0.25, 0.3) is 0 Å². The summed E-state index contributed by atoms with van der Waals surface area (Å²) in [6.07, 6.45) is 5.23. The van der Waals surface area contributed by atoms with Gasteiger partial charge in [0, 0.05) is 27.2 Å². The van der Waals surface area contributed by atoms with Crippen LogP contribution in [-0.2, 0) is 15.0 Å². The molecule has 7 nitrogen and oxygen atoms in total. The smallest absolute Gasteiger partial charge is 0.276 e. The molecule has 1 aliphatic rings. The Labute approximate surface area is 209 Å². The maximum atomic E-state index is 12.4. The SMILES string of the molecule is CC(C)(C)c1cc(Br)ccc1OCC(=O)NNC(=O)c1ccc(NC(=O)C2CCCCC2)cc1. The number of carbonyl (C=O) groups excluding carboxylic acids is 3. The first-order valence-corrected chi connectivity index (χ1v) is 12.4. The van der Waals surface area contributed by atoms with Crippen molar-refractivity contribution in [1.82, 2.24) is 10.9 Å². The van der Waals surface area contributed by atoms with Gasteiger partial charge in [-0.2, -0.15) is 0 Å². The lowest BCUT2D eigenvalue weighted by molar-refractivity contribution is -0.124. The average Bonchev–Trinajstić information content (AvgIpc) is 2.82. The van der Waals surface area contributed by atoms with Crippen LogP contribution in [0.1, 0.15) is 68.8 Å². The monoisotopic (exact) mass is 529 g/mol. The van der Waals surface area contributed by atoms with Crippen molar-refractivity contribution in [3.05, 3.63) is 58.1 Å². The van der Waals surface area contributed by atoms with Crippen LogP contribution in [0.2, 0.25) is 0 Å². The van der Waals surface area contributed by atoms with E-state index in [0.29, 0.717) is 17.0 Å². The van der Waals surface area contributed by atoms with Crippen LogP contribution in [0.4, 0.5) is 5.69 Å². The predicted octanol–water partition coefficient (Wildman–Crippen LogP) is 5.11. The Kier molecular flexibility index (Phi) is 8.72. The Hall–Kier alpha value is -2.87. The van der Waals surface area contributed by atoms with Gasteiger partial charge in [-0.1, -0.05) is 56.0 Å². The average molecular weight is 530 g/mol. The van der Waals surface area contributed by atoms with Gasteiger partial charge in [-0.15, -0.1) is 0 Å². The van der Waals surface area contributed by atoms with Gasteiger partial charge in [0.05, 0.1) is 0 Å². The van der Waals surface area contributed by atoms with Crippen molar-refractivity contribution in [2.75, 3.05) is 11.9 Å². The van der Waals surface area contributed by atoms with Crippen molar-refractivity contribution in [2.45, 2.75) is 58.3 Å². The molecule has 0 bridgehead atoms. The first-order valence-electron chi connectivity index (χ1n) is 11.6. The van der Waals surface area contributed by atoms with Gasteiger partial charge in [0.1, 0.15) is 5.75 Å². The lowest BCUT2D eigenvalue weighted by Crippen LogP contribution is -2.43. The molecule has 0 radical (unpaired) electrons. The molecule has 0 spiro atoms. The van der Waals surface area contributed by atoms with Crippen molar-refractivity contribution in [2.24, 2.45) is 5.92 Å². The molecule has 8 heteroatoms. The van der Waals surface area contributed by atoms with E-state index >= 15 is 0 Å². The maximum absolute atomic E-state index is 12.4. The number of hydrogen-bond acceptors (Lipinski definition) is 4. The fourth-order valence-electron chi connectivity index (χ4n) is 3.91. The van der Waals surface area contributed by atoms with Crippen molar-refractivity contribution in [3.8, 4) is 5.75 Å². The van der Waals surface area contributed by atoms with E-state index in [1.54, 1.807) is 24.3 Å². The van der Waals surface area contributed by atoms with Crippen LogP contribution < -0.4 is 20.9 Å². The van der Waals surface area contributed by atoms with E-state index in [4.69, 9.17) is 4.74 Å². The van der Waals surface area contributed by atoms with Crippen LogP contribution >= 0.6 is 15.9 Å². The minimum Gasteiger partial charge on any atom is -0.483 e. The van der Waals surface area contributed by atoms with Crippen molar-refractivity contribution < 1.29 is 19.1 Å². The summed E-state index contributed by atoms with van der Waals surface area (Å²) in [6, 6.07) is 12.2. The fraction of sp³-hybridized carbons (Fsp3) is 0.423. The van der Waals surface area contributed by atoms with E-state index in [-0.39, 0.29) is 23.8 Å². The minimum atomic E-state index is -0.479. The maximum Gasteiger partial charge on any atom is 0.276 e. The van der Waals surface area contributed by atoms with E-state index < -0.39 is 11.8 Å².